The van der Waals surface area contributed by atoms with E-state index in [1.807, 2.05) is 0 Å². The summed E-state index contributed by atoms with van der Waals surface area (Å²) in [5.41, 5.74) is -1.21. The van der Waals surface area contributed by atoms with E-state index in [0.29, 0.717) is 11.4 Å². The molecule has 0 fully saturated rings. The van der Waals surface area contributed by atoms with Gasteiger partial charge in [0.15, 0.2) is 0 Å². The molecule has 0 radical (unpaired) electrons. The third kappa shape index (κ3) is 2.94. The summed E-state index contributed by atoms with van der Waals surface area (Å²) in [5, 5.41) is 0. The maximum Gasteiger partial charge on any atom is 0.277 e. The van der Waals surface area contributed by atoms with Crippen molar-refractivity contribution in [2.75, 3.05) is 18.5 Å². The molecule has 1 rings (SSSR count). The van der Waals surface area contributed by atoms with Crippen LogP contribution in [0.15, 0.2) is 24.4 Å². The van der Waals surface area contributed by atoms with Gasteiger partial charge < -0.3 is 4.90 Å². The van der Waals surface area contributed by atoms with E-state index in [-0.39, 0.29) is 5.69 Å². The van der Waals surface area contributed by atoms with Gasteiger partial charge >= 0.3 is 0 Å². The lowest BCUT2D eigenvalue weighted by Gasteiger charge is -2.22. The number of halogens is 4. The van der Waals surface area contributed by atoms with Crippen molar-refractivity contribution in [1.82, 2.24) is 0 Å². The molecule has 0 amide bonds. The van der Waals surface area contributed by atoms with Crippen LogP contribution in [-0.4, -0.2) is 31.3 Å². The molecule has 0 aliphatic carbocycles. The minimum Gasteiger partial charge on any atom is -0.339 e. The lowest BCUT2D eigenvalue weighted by molar-refractivity contribution is -0.428. The van der Waals surface area contributed by atoms with Crippen molar-refractivity contribution in [2.24, 2.45) is 0 Å². The molecular weight excluding hydrogens is 260 g/mol. The Labute approximate surface area is 109 Å². The highest BCUT2D eigenvalue weighted by Gasteiger charge is 2.26. The number of alkyl halides is 2. The summed E-state index contributed by atoms with van der Waals surface area (Å²) in [7, 11) is 1.14. The monoisotopic (exact) mass is 275 g/mol. The molecule has 0 aromatic heterocycles. The van der Waals surface area contributed by atoms with Crippen LogP contribution >= 0.6 is 0 Å². The lowest BCUT2D eigenvalue weighted by atomic mass is 10.2. The molecule has 1 aromatic carbocycles. The Morgan fingerprint density at radius 1 is 1.37 bits per heavy atom. The molecule has 0 aliphatic rings. The van der Waals surface area contributed by atoms with Gasteiger partial charge in [-0.05, 0) is 13.0 Å². The second kappa shape index (κ2) is 5.86. The van der Waals surface area contributed by atoms with Crippen LogP contribution in [0.3, 0.4) is 0 Å². The molecule has 0 unspecified atom stereocenters. The quantitative estimate of drug-likeness (QED) is 0.452. The lowest BCUT2D eigenvalue weighted by Crippen LogP contribution is -2.23. The summed E-state index contributed by atoms with van der Waals surface area (Å²) < 4.78 is 54.3. The van der Waals surface area contributed by atoms with Crippen molar-refractivity contribution < 1.29 is 22.1 Å². The summed E-state index contributed by atoms with van der Waals surface area (Å²) >= 11 is 0. The zero-order valence-electron chi connectivity index (χ0n) is 10.8. The summed E-state index contributed by atoms with van der Waals surface area (Å²) in [5.74, 6) is -1.88. The molecular formula is C13H15F4N2+. The van der Waals surface area contributed by atoms with E-state index < -0.39 is 29.4 Å². The Morgan fingerprint density at radius 3 is 2.42 bits per heavy atom. The fourth-order valence-electron chi connectivity index (χ4n) is 1.54. The molecule has 19 heavy (non-hydrogen) atoms. The number of nitrogens with zero attached hydrogens (tertiary/aromatic N) is 2. The molecule has 0 aliphatic heterocycles. The Bertz CT molecular complexity index is 512. The van der Waals surface area contributed by atoms with Gasteiger partial charge in [-0.25, -0.2) is 17.7 Å². The number of rotatable bonds is 5. The highest BCUT2D eigenvalue weighted by atomic mass is 19.3. The van der Waals surface area contributed by atoms with Crippen molar-refractivity contribution >= 4 is 18.1 Å². The molecule has 0 saturated carbocycles. The van der Waals surface area contributed by atoms with Crippen molar-refractivity contribution in [2.45, 2.75) is 13.3 Å². The first kappa shape index (κ1) is 15.2. The number of hydrogen-bond acceptors (Lipinski definition) is 1. The van der Waals surface area contributed by atoms with Gasteiger partial charge in [-0.1, -0.05) is 6.58 Å². The number of anilines is 1. The second-order valence-corrected chi connectivity index (χ2v) is 3.94. The Morgan fingerprint density at radius 2 is 1.95 bits per heavy atom. The van der Waals surface area contributed by atoms with Gasteiger partial charge in [-0.2, -0.15) is 4.39 Å². The van der Waals surface area contributed by atoms with E-state index in [1.54, 1.807) is 6.92 Å². The third-order valence-electron chi connectivity index (χ3n) is 2.79. The summed E-state index contributed by atoms with van der Waals surface area (Å²) in [6.45, 7) is 8.82. The highest BCUT2D eigenvalue weighted by molar-refractivity contribution is 5.59. The number of hydrogen-bond donors (Lipinski definition) is 0. The molecule has 0 saturated heterocycles. The van der Waals surface area contributed by atoms with Gasteiger partial charge in [-0.15, -0.1) is 0 Å². The van der Waals surface area contributed by atoms with E-state index >= 15 is 0 Å². The van der Waals surface area contributed by atoms with Crippen molar-refractivity contribution in [3.05, 3.63) is 36.0 Å². The summed E-state index contributed by atoms with van der Waals surface area (Å²) in [4.78, 5) is 0.711. The van der Waals surface area contributed by atoms with Crippen molar-refractivity contribution in [3.63, 3.8) is 0 Å². The van der Waals surface area contributed by atoms with Crippen LogP contribution < -0.4 is 4.90 Å². The Balaban J connectivity index is 3.35. The van der Waals surface area contributed by atoms with Crippen molar-refractivity contribution in [1.29, 1.82) is 0 Å². The van der Waals surface area contributed by atoms with Gasteiger partial charge in [0, 0.05) is 13.1 Å². The molecule has 6 heteroatoms. The van der Waals surface area contributed by atoms with E-state index in [0.717, 1.165) is 13.1 Å². The zero-order valence-corrected chi connectivity index (χ0v) is 10.8. The number of benzene rings is 1. The van der Waals surface area contributed by atoms with Gasteiger partial charge in [0.25, 0.3) is 6.43 Å². The SMILES string of the molecule is C=C(C(F)F)N(C)c1c(F)ccc([N+](=C)CC)c1F. The smallest absolute Gasteiger partial charge is 0.277 e. The normalized spacial score (nSPS) is 10.7. The maximum atomic E-state index is 14.2. The Hall–Kier alpha value is -1.85. The highest BCUT2D eigenvalue weighted by Crippen LogP contribution is 2.32. The number of allylic oxidation sites excluding steroid dienone is 1. The summed E-state index contributed by atoms with van der Waals surface area (Å²) in [6, 6.07) is 2.22. The van der Waals surface area contributed by atoms with Crippen LogP contribution in [-0.2, 0) is 0 Å². The Kier molecular flexibility index (Phi) is 4.69. The largest absolute Gasteiger partial charge is 0.339 e. The van der Waals surface area contributed by atoms with Crippen LogP contribution in [0.25, 0.3) is 0 Å². The molecule has 104 valence electrons. The first-order chi connectivity index (χ1) is 8.81. The van der Waals surface area contributed by atoms with Crippen LogP contribution in [0.1, 0.15) is 6.92 Å². The zero-order chi connectivity index (χ0) is 14.7. The second-order valence-electron chi connectivity index (χ2n) is 3.94. The third-order valence-corrected chi connectivity index (χ3v) is 2.79. The van der Waals surface area contributed by atoms with Gasteiger partial charge in [0.05, 0.1) is 5.70 Å². The fourth-order valence-corrected chi connectivity index (χ4v) is 1.54. The average Bonchev–Trinajstić information content (AvgIpc) is 2.36. The fraction of sp³-hybridized carbons (Fsp3) is 0.308. The van der Waals surface area contributed by atoms with Crippen LogP contribution in [0.4, 0.5) is 28.9 Å². The average molecular weight is 275 g/mol. The maximum absolute atomic E-state index is 14.2. The minimum absolute atomic E-state index is 0.0350. The van der Waals surface area contributed by atoms with Crippen LogP contribution in [0.5, 0.6) is 0 Å². The summed E-state index contributed by atoms with van der Waals surface area (Å²) in [6.07, 6.45) is -2.89. The van der Waals surface area contributed by atoms with E-state index in [4.69, 9.17) is 0 Å². The minimum atomic E-state index is -2.89. The molecule has 2 nitrogen and oxygen atoms in total. The molecule has 0 atom stereocenters. The predicted octanol–water partition coefficient (Wildman–Crippen LogP) is 3.54. The standard InChI is InChI=1S/C13H15F4N2/c1-5-18(3)10-7-6-9(14)12(11(10)15)19(4)8(2)13(16)17/h6-7,13H,2-3,5H2,1,4H3/q+1. The molecule has 0 spiro atoms. The van der Waals surface area contributed by atoms with Crippen LogP contribution in [0.2, 0.25) is 0 Å². The van der Waals surface area contributed by atoms with E-state index in [9.17, 15) is 17.6 Å². The van der Waals surface area contributed by atoms with E-state index in [1.165, 1.54) is 10.6 Å². The molecule has 1 aromatic rings. The molecule has 0 bridgehead atoms. The first-order valence-corrected chi connectivity index (χ1v) is 5.57. The molecule has 0 heterocycles. The van der Waals surface area contributed by atoms with Crippen molar-refractivity contribution in [3.8, 4) is 0 Å². The van der Waals surface area contributed by atoms with Gasteiger partial charge in [-0.3, -0.25) is 0 Å². The predicted molar refractivity (Wildman–Crippen MR) is 67.5 cm³/mol. The van der Waals surface area contributed by atoms with Gasteiger partial charge in [0.2, 0.25) is 11.5 Å². The van der Waals surface area contributed by atoms with E-state index in [2.05, 4.69) is 13.3 Å². The topological polar surface area (TPSA) is 6.25 Å². The van der Waals surface area contributed by atoms with Crippen LogP contribution in [0, 0.1) is 11.6 Å². The first-order valence-electron chi connectivity index (χ1n) is 5.57. The molecule has 0 N–H and O–H groups in total. The van der Waals surface area contributed by atoms with Gasteiger partial charge in [0.1, 0.15) is 24.8 Å².